The summed E-state index contributed by atoms with van der Waals surface area (Å²) in [5, 5.41) is 0. The molecule has 0 aliphatic carbocycles. The topological polar surface area (TPSA) is 6.48 Å². The van der Waals surface area contributed by atoms with Gasteiger partial charge in [-0.2, -0.15) is 0 Å². The van der Waals surface area contributed by atoms with Crippen molar-refractivity contribution in [2.45, 2.75) is 160 Å². The van der Waals surface area contributed by atoms with Crippen molar-refractivity contribution in [1.82, 2.24) is 9.80 Å². The van der Waals surface area contributed by atoms with E-state index in [2.05, 4.69) is 58.9 Å². The molecule has 0 bridgehead atoms. The molecule has 2 nitrogen and oxygen atoms in total. The Hall–Kier alpha value is -0.180. The average Bonchev–Trinajstić information content (AvgIpc) is 3.12. The lowest BCUT2D eigenvalue weighted by molar-refractivity contribution is 0.117. The standard InChI is InChI=1S/C29H57BrN2/c1-4-7-9-11-13-15-17-19-21-23-25-31-27-28-32(29(31,30)6-3)26-24-22-20-18-16-14-12-10-8-5-2/h27-28H,4-26H2,1-3H3. The second kappa shape index (κ2) is 20.2. The van der Waals surface area contributed by atoms with Gasteiger partial charge in [-0.25, -0.2) is 0 Å². The van der Waals surface area contributed by atoms with E-state index < -0.39 is 0 Å². The zero-order chi connectivity index (χ0) is 23.3. The quantitative estimate of drug-likeness (QED) is 0.0762. The molecule has 0 spiro atoms. The zero-order valence-electron chi connectivity index (χ0n) is 22.2. The Kier molecular flexibility index (Phi) is 18.9. The number of rotatable bonds is 23. The van der Waals surface area contributed by atoms with E-state index in [0.29, 0.717) is 0 Å². The van der Waals surface area contributed by atoms with Gasteiger partial charge in [-0.15, -0.1) is 0 Å². The summed E-state index contributed by atoms with van der Waals surface area (Å²) in [6, 6.07) is 0. The molecule has 1 heterocycles. The van der Waals surface area contributed by atoms with E-state index in [-0.39, 0.29) is 4.57 Å². The summed E-state index contributed by atoms with van der Waals surface area (Å²) >= 11 is 4.12. The third kappa shape index (κ3) is 12.9. The molecule has 0 fully saturated rings. The van der Waals surface area contributed by atoms with E-state index in [1.165, 1.54) is 142 Å². The van der Waals surface area contributed by atoms with Crippen molar-refractivity contribution in [3.63, 3.8) is 0 Å². The summed E-state index contributed by atoms with van der Waals surface area (Å²) in [6.07, 6.45) is 34.0. The highest BCUT2D eigenvalue weighted by atomic mass is 79.9. The van der Waals surface area contributed by atoms with Crippen molar-refractivity contribution in [1.29, 1.82) is 0 Å². The molecule has 1 aliphatic rings. The number of hydrogen-bond donors (Lipinski definition) is 0. The summed E-state index contributed by atoms with van der Waals surface area (Å²) < 4.78 is 0.0194. The molecule has 32 heavy (non-hydrogen) atoms. The van der Waals surface area contributed by atoms with E-state index in [9.17, 15) is 0 Å². The normalized spacial score (nSPS) is 15.2. The highest BCUT2D eigenvalue weighted by molar-refractivity contribution is 9.10. The van der Waals surface area contributed by atoms with Gasteiger partial charge in [0.1, 0.15) is 0 Å². The van der Waals surface area contributed by atoms with Crippen molar-refractivity contribution in [3.05, 3.63) is 12.4 Å². The van der Waals surface area contributed by atoms with E-state index in [4.69, 9.17) is 0 Å². The molecule has 0 saturated heterocycles. The first-order valence-electron chi connectivity index (χ1n) is 14.6. The van der Waals surface area contributed by atoms with E-state index in [1.54, 1.807) is 0 Å². The van der Waals surface area contributed by atoms with Crippen LogP contribution in [0.1, 0.15) is 156 Å². The summed E-state index contributed by atoms with van der Waals surface area (Å²) in [6.45, 7) is 9.28. The molecule has 0 atom stereocenters. The zero-order valence-corrected chi connectivity index (χ0v) is 23.8. The Morgan fingerprint density at radius 3 is 1.03 bits per heavy atom. The van der Waals surface area contributed by atoms with Crippen LogP contribution in [0.15, 0.2) is 12.4 Å². The van der Waals surface area contributed by atoms with Gasteiger partial charge in [-0.05, 0) is 35.2 Å². The molecule has 0 radical (unpaired) electrons. The second-order valence-electron chi connectivity index (χ2n) is 10.1. The average molecular weight is 514 g/mol. The highest BCUT2D eigenvalue weighted by Gasteiger charge is 2.38. The third-order valence-electron chi connectivity index (χ3n) is 7.26. The van der Waals surface area contributed by atoms with E-state index in [0.717, 1.165) is 6.42 Å². The number of nitrogens with zero attached hydrogens (tertiary/aromatic N) is 2. The van der Waals surface area contributed by atoms with Crippen molar-refractivity contribution in [2.24, 2.45) is 0 Å². The molecule has 0 aromatic heterocycles. The molecule has 0 amide bonds. The summed E-state index contributed by atoms with van der Waals surface area (Å²) in [4.78, 5) is 5.10. The number of halogens is 1. The first-order valence-corrected chi connectivity index (χ1v) is 15.4. The maximum absolute atomic E-state index is 4.12. The first kappa shape index (κ1) is 29.9. The monoisotopic (exact) mass is 512 g/mol. The van der Waals surface area contributed by atoms with Crippen LogP contribution in [0.3, 0.4) is 0 Å². The minimum absolute atomic E-state index is 0.0194. The predicted molar refractivity (Wildman–Crippen MR) is 148 cm³/mol. The smallest absolute Gasteiger partial charge is 0.169 e. The number of unbranched alkanes of at least 4 members (excludes halogenated alkanes) is 18. The van der Waals surface area contributed by atoms with Gasteiger partial charge in [0.15, 0.2) is 4.57 Å². The lowest BCUT2D eigenvalue weighted by atomic mass is 10.1. The Morgan fingerprint density at radius 2 is 0.750 bits per heavy atom. The fourth-order valence-electron chi connectivity index (χ4n) is 4.99. The molecule has 1 rings (SSSR count). The molecule has 0 unspecified atom stereocenters. The minimum atomic E-state index is 0.0194. The van der Waals surface area contributed by atoms with Crippen LogP contribution < -0.4 is 0 Å². The Bertz CT molecular complexity index is 403. The molecule has 1 aliphatic heterocycles. The SMILES string of the molecule is CCCCCCCCCCCCN1C=CN(CCCCCCCCCCCC)C1(Br)CC. The van der Waals surface area contributed by atoms with Crippen LogP contribution in [0.2, 0.25) is 0 Å². The van der Waals surface area contributed by atoms with Gasteiger partial charge in [-0.3, -0.25) is 0 Å². The molecule has 0 N–H and O–H groups in total. The van der Waals surface area contributed by atoms with Crippen molar-refractivity contribution in [3.8, 4) is 0 Å². The lowest BCUT2D eigenvalue weighted by Gasteiger charge is -2.41. The Labute approximate surface area is 211 Å². The van der Waals surface area contributed by atoms with E-state index >= 15 is 0 Å². The summed E-state index contributed by atoms with van der Waals surface area (Å²) in [7, 11) is 0. The van der Waals surface area contributed by atoms with Crippen LogP contribution in [0, 0.1) is 0 Å². The lowest BCUT2D eigenvalue weighted by Crippen LogP contribution is -2.48. The number of hydrogen-bond acceptors (Lipinski definition) is 2. The largest absolute Gasteiger partial charge is 0.345 e. The summed E-state index contributed by atoms with van der Waals surface area (Å²) in [5.41, 5.74) is 0. The van der Waals surface area contributed by atoms with Crippen LogP contribution in [0.25, 0.3) is 0 Å². The molecular formula is C29H57BrN2. The van der Waals surface area contributed by atoms with Gasteiger partial charge >= 0.3 is 0 Å². The molecule has 0 saturated carbocycles. The minimum Gasteiger partial charge on any atom is -0.345 e. The van der Waals surface area contributed by atoms with Crippen molar-refractivity contribution < 1.29 is 0 Å². The first-order chi connectivity index (χ1) is 15.7. The summed E-state index contributed by atoms with van der Waals surface area (Å²) in [5.74, 6) is 0. The maximum atomic E-state index is 4.12. The Morgan fingerprint density at radius 1 is 0.469 bits per heavy atom. The fraction of sp³-hybridized carbons (Fsp3) is 0.931. The highest BCUT2D eigenvalue weighted by Crippen LogP contribution is 2.37. The van der Waals surface area contributed by atoms with Crippen molar-refractivity contribution in [2.75, 3.05) is 13.1 Å². The van der Waals surface area contributed by atoms with Gasteiger partial charge in [0, 0.05) is 25.5 Å². The third-order valence-corrected chi connectivity index (χ3v) is 8.73. The van der Waals surface area contributed by atoms with Gasteiger partial charge in [0.25, 0.3) is 0 Å². The molecular weight excluding hydrogens is 456 g/mol. The van der Waals surface area contributed by atoms with Crippen molar-refractivity contribution >= 4 is 15.9 Å². The molecule has 190 valence electrons. The van der Waals surface area contributed by atoms with Crippen LogP contribution in [-0.4, -0.2) is 27.5 Å². The van der Waals surface area contributed by atoms with Gasteiger partial charge in [-0.1, -0.05) is 136 Å². The predicted octanol–water partition coefficient (Wildman–Crippen LogP) is 10.4. The van der Waals surface area contributed by atoms with Crippen LogP contribution in [-0.2, 0) is 0 Å². The van der Waals surface area contributed by atoms with E-state index in [1.807, 2.05) is 0 Å². The molecule has 3 heteroatoms. The molecule has 0 aromatic carbocycles. The van der Waals surface area contributed by atoms with Gasteiger partial charge < -0.3 is 9.80 Å². The number of alkyl halides is 1. The second-order valence-corrected chi connectivity index (χ2v) is 11.4. The Balaban J connectivity index is 2.07. The fourth-order valence-corrected chi connectivity index (χ4v) is 5.58. The maximum Gasteiger partial charge on any atom is 0.169 e. The van der Waals surface area contributed by atoms with Crippen LogP contribution in [0.4, 0.5) is 0 Å². The van der Waals surface area contributed by atoms with Crippen LogP contribution >= 0.6 is 15.9 Å². The van der Waals surface area contributed by atoms with Gasteiger partial charge in [0.2, 0.25) is 0 Å². The van der Waals surface area contributed by atoms with Gasteiger partial charge in [0.05, 0.1) is 0 Å². The van der Waals surface area contributed by atoms with Crippen LogP contribution in [0.5, 0.6) is 0 Å². The molecule has 0 aromatic rings.